The molecule has 3 atom stereocenters. The van der Waals surface area contributed by atoms with Crippen molar-refractivity contribution in [2.75, 3.05) is 23.1 Å². The fourth-order valence-electron chi connectivity index (χ4n) is 3.66. The van der Waals surface area contributed by atoms with Gasteiger partial charge in [0.15, 0.2) is 5.17 Å². The van der Waals surface area contributed by atoms with Crippen molar-refractivity contribution in [2.24, 2.45) is 10.9 Å². The van der Waals surface area contributed by atoms with Crippen molar-refractivity contribution in [1.82, 2.24) is 10.9 Å². The number of anilines is 2. The number of nitrogens with zero attached hydrogens (tertiary/aromatic N) is 2. The SMILES string of the molecule is COc1cccc(N2C(=N)C3C(C)NNC3N=C2SCC(=O)Nc2ccc(C)cc2)c1. The summed E-state index contributed by atoms with van der Waals surface area (Å²) in [6.07, 6.45) is -0.244. The second kappa shape index (κ2) is 9.09. The number of rotatable bonds is 5. The normalized spacial score (nSPS) is 22.7. The fraction of sp³-hybridized carbons (Fsp3) is 0.318. The number of nitrogens with one attached hydrogen (secondary N) is 4. The van der Waals surface area contributed by atoms with Crippen LogP contribution in [0.1, 0.15) is 12.5 Å². The molecule has 4 rings (SSSR count). The number of thioether (sulfide) groups is 1. The summed E-state index contributed by atoms with van der Waals surface area (Å²) >= 11 is 1.31. The first-order chi connectivity index (χ1) is 15.0. The Bertz CT molecular complexity index is 1010. The van der Waals surface area contributed by atoms with Crippen LogP contribution in [-0.2, 0) is 4.79 Å². The highest BCUT2D eigenvalue weighted by molar-refractivity contribution is 8.14. The predicted molar refractivity (Wildman–Crippen MR) is 126 cm³/mol. The lowest BCUT2D eigenvalue weighted by molar-refractivity contribution is -0.113. The molecule has 4 N–H and O–H groups in total. The summed E-state index contributed by atoms with van der Waals surface area (Å²) < 4.78 is 5.36. The molecule has 0 radical (unpaired) electrons. The van der Waals surface area contributed by atoms with Gasteiger partial charge in [0, 0.05) is 17.8 Å². The van der Waals surface area contributed by atoms with Crippen LogP contribution in [0.5, 0.6) is 5.75 Å². The van der Waals surface area contributed by atoms with Gasteiger partial charge in [-0.1, -0.05) is 35.5 Å². The molecule has 2 aliphatic rings. The maximum atomic E-state index is 12.5. The topological polar surface area (TPSA) is 102 Å². The van der Waals surface area contributed by atoms with Crippen molar-refractivity contribution < 1.29 is 9.53 Å². The summed E-state index contributed by atoms with van der Waals surface area (Å²) in [5, 5.41) is 12.4. The van der Waals surface area contributed by atoms with E-state index in [1.54, 1.807) is 12.0 Å². The molecule has 2 aliphatic heterocycles. The van der Waals surface area contributed by atoms with E-state index in [4.69, 9.17) is 15.1 Å². The standard InChI is InChI=1S/C22H26N6O2S/c1-13-7-9-15(10-8-13)24-18(29)12-31-22-25-21-19(14(2)26-27-21)20(23)28(22)16-5-4-6-17(11-16)30-3/h4-11,14,19,21,23,26-27H,12H2,1-3H3,(H,24,29). The summed E-state index contributed by atoms with van der Waals surface area (Å²) in [4.78, 5) is 19.2. The third kappa shape index (κ3) is 4.58. The quantitative estimate of drug-likeness (QED) is 0.573. The van der Waals surface area contributed by atoms with Crippen LogP contribution >= 0.6 is 11.8 Å². The van der Waals surface area contributed by atoms with E-state index in [-0.39, 0.29) is 29.8 Å². The van der Waals surface area contributed by atoms with Gasteiger partial charge in [0.05, 0.1) is 24.5 Å². The summed E-state index contributed by atoms with van der Waals surface area (Å²) in [6.45, 7) is 4.03. The van der Waals surface area contributed by atoms with E-state index < -0.39 is 0 Å². The van der Waals surface area contributed by atoms with Crippen molar-refractivity contribution in [3.63, 3.8) is 0 Å². The Morgan fingerprint density at radius 1 is 1.26 bits per heavy atom. The number of benzene rings is 2. The number of carbonyl (C=O) groups excluding carboxylic acids is 1. The number of hydrogen-bond acceptors (Lipinski definition) is 7. The zero-order valence-corrected chi connectivity index (χ0v) is 18.5. The summed E-state index contributed by atoms with van der Waals surface area (Å²) in [6, 6.07) is 15.3. The molecule has 9 heteroatoms. The largest absolute Gasteiger partial charge is 0.497 e. The summed E-state index contributed by atoms with van der Waals surface area (Å²) in [7, 11) is 1.61. The first-order valence-electron chi connectivity index (χ1n) is 10.1. The first-order valence-corrected chi connectivity index (χ1v) is 11.1. The Morgan fingerprint density at radius 3 is 2.77 bits per heavy atom. The van der Waals surface area contributed by atoms with Crippen LogP contribution in [0.3, 0.4) is 0 Å². The second-order valence-corrected chi connectivity index (χ2v) is 8.53. The number of fused-ring (bicyclic) bond motifs is 1. The van der Waals surface area contributed by atoms with Gasteiger partial charge in [-0.05, 0) is 38.1 Å². The number of amides is 1. The van der Waals surface area contributed by atoms with Crippen molar-refractivity contribution in [2.45, 2.75) is 26.1 Å². The number of hydrogen-bond donors (Lipinski definition) is 4. The van der Waals surface area contributed by atoms with Crippen LogP contribution in [-0.4, -0.2) is 42.0 Å². The zero-order valence-electron chi connectivity index (χ0n) is 17.7. The first kappa shape index (κ1) is 21.4. The minimum absolute atomic E-state index is 0.0609. The van der Waals surface area contributed by atoms with Crippen molar-refractivity contribution in [3.8, 4) is 5.75 Å². The van der Waals surface area contributed by atoms with Gasteiger partial charge in [0.1, 0.15) is 17.8 Å². The van der Waals surface area contributed by atoms with Crippen LogP contribution < -0.4 is 25.8 Å². The lowest BCUT2D eigenvalue weighted by atomic mass is 9.97. The van der Waals surface area contributed by atoms with E-state index in [1.807, 2.05) is 62.4 Å². The number of methoxy groups -OCH3 is 1. The van der Waals surface area contributed by atoms with Crippen LogP contribution in [0, 0.1) is 18.3 Å². The van der Waals surface area contributed by atoms with Gasteiger partial charge in [-0.2, -0.15) is 0 Å². The molecule has 0 aromatic heterocycles. The summed E-state index contributed by atoms with van der Waals surface area (Å²) in [5.74, 6) is 1.07. The van der Waals surface area contributed by atoms with Crippen molar-refractivity contribution in [3.05, 3.63) is 54.1 Å². The van der Waals surface area contributed by atoms with E-state index in [2.05, 4.69) is 16.2 Å². The average molecular weight is 439 g/mol. The Hall–Kier alpha value is -2.88. The molecule has 2 aromatic rings. The van der Waals surface area contributed by atoms with E-state index in [0.717, 1.165) is 16.9 Å². The highest BCUT2D eigenvalue weighted by atomic mass is 32.2. The van der Waals surface area contributed by atoms with Gasteiger partial charge in [-0.25, -0.2) is 10.4 Å². The van der Waals surface area contributed by atoms with E-state index >= 15 is 0 Å². The van der Waals surface area contributed by atoms with Crippen molar-refractivity contribution >= 4 is 40.0 Å². The third-order valence-corrected chi connectivity index (χ3v) is 6.27. The molecule has 0 aliphatic carbocycles. The van der Waals surface area contributed by atoms with Gasteiger partial charge in [-0.15, -0.1) is 0 Å². The van der Waals surface area contributed by atoms with Gasteiger partial charge in [-0.3, -0.25) is 20.5 Å². The monoisotopic (exact) mass is 438 g/mol. The van der Waals surface area contributed by atoms with Gasteiger partial charge in [0.2, 0.25) is 5.91 Å². The van der Waals surface area contributed by atoms with Crippen LogP contribution in [0.2, 0.25) is 0 Å². The minimum Gasteiger partial charge on any atom is -0.497 e. The number of hydrazine groups is 1. The number of carbonyl (C=O) groups is 1. The molecule has 0 saturated carbocycles. The van der Waals surface area contributed by atoms with E-state index in [1.165, 1.54) is 11.8 Å². The third-order valence-electron chi connectivity index (χ3n) is 5.31. The molecule has 3 unspecified atom stereocenters. The molecule has 0 spiro atoms. The van der Waals surface area contributed by atoms with Gasteiger partial charge >= 0.3 is 0 Å². The number of aryl methyl sites for hydroxylation is 1. The molecule has 1 saturated heterocycles. The maximum Gasteiger partial charge on any atom is 0.234 e. The van der Waals surface area contributed by atoms with Crippen LogP contribution in [0.4, 0.5) is 11.4 Å². The molecular formula is C22H26N6O2S. The van der Waals surface area contributed by atoms with E-state index in [9.17, 15) is 4.79 Å². The molecular weight excluding hydrogens is 412 g/mol. The molecule has 8 nitrogen and oxygen atoms in total. The minimum atomic E-state index is -0.244. The lowest BCUT2D eigenvalue weighted by Gasteiger charge is -2.36. The Balaban J connectivity index is 1.55. The summed E-state index contributed by atoms with van der Waals surface area (Å²) in [5.41, 5.74) is 9.00. The Morgan fingerprint density at radius 2 is 2.03 bits per heavy atom. The number of amidine groups is 2. The molecule has 162 valence electrons. The van der Waals surface area contributed by atoms with Gasteiger partial charge in [0.25, 0.3) is 0 Å². The average Bonchev–Trinajstić information content (AvgIpc) is 3.15. The van der Waals surface area contributed by atoms with Gasteiger partial charge < -0.3 is 10.1 Å². The lowest BCUT2D eigenvalue weighted by Crippen LogP contribution is -2.50. The highest BCUT2D eigenvalue weighted by Crippen LogP contribution is 2.33. The van der Waals surface area contributed by atoms with E-state index in [0.29, 0.717) is 16.8 Å². The molecule has 2 heterocycles. The zero-order chi connectivity index (χ0) is 22.0. The fourth-order valence-corrected chi connectivity index (χ4v) is 4.52. The number of aliphatic imine (C=N–C) groups is 1. The van der Waals surface area contributed by atoms with Crippen LogP contribution in [0.15, 0.2) is 53.5 Å². The molecule has 0 bridgehead atoms. The Labute approximate surface area is 185 Å². The number of ether oxygens (including phenoxy) is 1. The maximum absolute atomic E-state index is 12.5. The molecule has 31 heavy (non-hydrogen) atoms. The molecule has 1 amide bonds. The van der Waals surface area contributed by atoms with Crippen molar-refractivity contribution in [1.29, 1.82) is 5.41 Å². The smallest absolute Gasteiger partial charge is 0.234 e. The second-order valence-electron chi connectivity index (χ2n) is 7.58. The predicted octanol–water partition coefficient (Wildman–Crippen LogP) is 2.97. The Kier molecular flexibility index (Phi) is 6.26. The van der Waals surface area contributed by atoms with Crippen LogP contribution in [0.25, 0.3) is 0 Å². The highest BCUT2D eigenvalue weighted by Gasteiger charge is 2.43. The molecule has 2 aromatic carbocycles. The molecule has 1 fully saturated rings.